The van der Waals surface area contributed by atoms with E-state index >= 15 is 0 Å². The van der Waals surface area contributed by atoms with E-state index in [1.54, 1.807) is 6.92 Å². The quantitative estimate of drug-likeness (QED) is 0.591. The lowest BCUT2D eigenvalue weighted by Gasteiger charge is -2.19. The molecule has 1 aromatic heterocycles. The minimum atomic E-state index is -0.633. The van der Waals surface area contributed by atoms with E-state index < -0.39 is 16.9 Å². The van der Waals surface area contributed by atoms with E-state index in [0.29, 0.717) is 6.42 Å². The molecule has 0 radical (unpaired) electrons. The Kier molecular flexibility index (Phi) is 5.64. The van der Waals surface area contributed by atoms with Gasteiger partial charge in [-0.25, -0.2) is 0 Å². The second-order valence-corrected chi connectivity index (χ2v) is 5.66. The summed E-state index contributed by atoms with van der Waals surface area (Å²) in [5, 5.41) is 27.1. The normalized spacial score (nSPS) is 13.3. The molecule has 0 aliphatic carbocycles. The van der Waals surface area contributed by atoms with Crippen LogP contribution in [0.4, 0.5) is 5.69 Å². The molecule has 24 heavy (non-hydrogen) atoms. The number of aliphatic hydroxyl groups is 1. The monoisotopic (exact) mass is 332 g/mol. The number of amides is 1. The van der Waals surface area contributed by atoms with Crippen molar-refractivity contribution < 1.29 is 14.8 Å². The zero-order chi connectivity index (χ0) is 17.7. The Labute approximate surface area is 139 Å². The fraction of sp³-hybridized carbons (Fsp3) is 0.375. The van der Waals surface area contributed by atoms with Crippen molar-refractivity contribution in [2.45, 2.75) is 25.4 Å². The maximum absolute atomic E-state index is 12.3. The predicted octanol–water partition coefficient (Wildman–Crippen LogP) is 1.61. The van der Waals surface area contributed by atoms with Crippen molar-refractivity contribution >= 4 is 11.6 Å². The highest BCUT2D eigenvalue weighted by atomic mass is 16.6. The molecule has 0 fully saturated rings. The van der Waals surface area contributed by atoms with E-state index in [-0.39, 0.29) is 23.8 Å². The van der Waals surface area contributed by atoms with Crippen LogP contribution < -0.4 is 5.32 Å². The molecule has 8 heteroatoms. The minimum Gasteiger partial charge on any atom is -0.393 e. The second kappa shape index (κ2) is 7.69. The van der Waals surface area contributed by atoms with Crippen molar-refractivity contribution in [2.75, 3.05) is 6.54 Å². The molecule has 1 amide bonds. The molecule has 0 aliphatic rings. The van der Waals surface area contributed by atoms with Gasteiger partial charge in [0, 0.05) is 19.5 Å². The third-order valence-corrected chi connectivity index (χ3v) is 3.74. The summed E-state index contributed by atoms with van der Waals surface area (Å²) in [5.41, 5.74) is 0.559. The van der Waals surface area contributed by atoms with Crippen LogP contribution in [0.1, 0.15) is 35.3 Å². The number of nitro groups is 1. The predicted molar refractivity (Wildman–Crippen MR) is 87.7 cm³/mol. The molecule has 0 saturated heterocycles. The zero-order valence-corrected chi connectivity index (χ0v) is 13.5. The molecule has 2 N–H and O–H groups in total. The van der Waals surface area contributed by atoms with Crippen LogP contribution in [-0.4, -0.2) is 38.4 Å². The number of aryl methyl sites for hydroxylation is 1. The molecular weight excluding hydrogens is 312 g/mol. The number of aromatic nitrogens is 2. The zero-order valence-electron chi connectivity index (χ0n) is 13.5. The number of carbonyl (C=O) groups is 1. The molecule has 2 unspecified atom stereocenters. The lowest BCUT2D eigenvalue weighted by Crippen LogP contribution is -2.31. The fourth-order valence-corrected chi connectivity index (χ4v) is 2.60. The van der Waals surface area contributed by atoms with Crippen LogP contribution in [0.25, 0.3) is 0 Å². The first-order chi connectivity index (χ1) is 11.4. The van der Waals surface area contributed by atoms with Gasteiger partial charge in [0.2, 0.25) is 5.69 Å². The van der Waals surface area contributed by atoms with Gasteiger partial charge < -0.3 is 10.4 Å². The lowest BCUT2D eigenvalue weighted by molar-refractivity contribution is -0.385. The number of hydrogen-bond donors (Lipinski definition) is 2. The Hall–Kier alpha value is -2.74. The van der Waals surface area contributed by atoms with Gasteiger partial charge in [0.1, 0.15) is 6.20 Å². The first-order valence-corrected chi connectivity index (χ1v) is 7.57. The standard InChI is InChI=1S/C16H20N4O4/c1-11(21)8-13(12-6-4-3-5-7-12)9-17-16(22)15-14(20(23)24)10-18-19(15)2/h3-7,10-11,13,21H,8-9H2,1-2H3,(H,17,22). The van der Waals surface area contributed by atoms with Crippen LogP contribution in [0, 0.1) is 10.1 Å². The second-order valence-electron chi connectivity index (χ2n) is 5.66. The smallest absolute Gasteiger partial charge is 0.320 e. The van der Waals surface area contributed by atoms with E-state index in [1.807, 2.05) is 30.3 Å². The van der Waals surface area contributed by atoms with Crippen LogP contribution in [0.15, 0.2) is 36.5 Å². The number of rotatable bonds is 7. The molecule has 1 aromatic carbocycles. The summed E-state index contributed by atoms with van der Waals surface area (Å²) in [5.74, 6) is -0.657. The maximum Gasteiger partial charge on any atom is 0.320 e. The van der Waals surface area contributed by atoms with Gasteiger partial charge >= 0.3 is 5.69 Å². The van der Waals surface area contributed by atoms with Crippen molar-refractivity contribution in [1.29, 1.82) is 0 Å². The van der Waals surface area contributed by atoms with Gasteiger partial charge in [-0.2, -0.15) is 5.10 Å². The first-order valence-electron chi connectivity index (χ1n) is 7.57. The van der Waals surface area contributed by atoms with Gasteiger partial charge in [-0.1, -0.05) is 30.3 Å². The number of hydrogen-bond acceptors (Lipinski definition) is 5. The Balaban J connectivity index is 2.13. The average Bonchev–Trinajstić information content (AvgIpc) is 2.93. The van der Waals surface area contributed by atoms with E-state index in [1.165, 1.54) is 11.7 Å². The summed E-state index contributed by atoms with van der Waals surface area (Å²) in [7, 11) is 1.48. The summed E-state index contributed by atoms with van der Waals surface area (Å²) in [4.78, 5) is 22.7. The molecule has 1 heterocycles. The van der Waals surface area contributed by atoms with Crippen LogP contribution in [0.5, 0.6) is 0 Å². The molecular formula is C16H20N4O4. The van der Waals surface area contributed by atoms with Crippen molar-refractivity contribution in [1.82, 2.24) is 15.1 Å². The number of aliphatic hydroxyl groups excluding tert-OH is 1. The van der Waals surface area contributed by atoms with E-state index in [9.17, 15) is 20.0 Å². The minimum absolute atomic E-state index is 0.0936. The highest BCUT2D eigenvalue weighted by molar-refractivity contribution is 5.96. The van der Waals surface area contributed by atoms with Crippen molar-refractivity contribution in [3.63, 3.8) is 0 Å². The number of nitrogens with one attached hydrogen (secondary N) is 1. The highest BCUT2D eigenvalue weighted by Gasteiger charge is 2.26. The first kappa shape index (κ1) is 17.6. The summed E-state index contributed by atoms with van der Waals surface area (Å²) >= 11 is 0. The number of nitrogens with zero attached hydrogens (tertiary/aromatic N) is 3. The average molecular weight is 332 g/mol. The van der Waals surface area contributed by atoms with Crippen molar-refractivity contribution in [3.05, 3.63) is 57.9 Å². The van der Waals surface area contributed by atoms with E-state index in [4.69, 9.17) is 0 Å². The Morgan fingerprint density at radius 3 is 2.67 bits per heavy atom. The largest absolute Gasteiger partial charge is 0.393 e. The Morgan fingerprint density at radius 1 is 1.42 bits per heavy atom. The summed E-state index contributed by atoms with van der Waals surface area (Å²) in [6, 6.07) is 9.51. The topological polar surface area (TPSA) is 110 Å². The van der Waals surface area contributed by atoms with Gasteiger partial charge in [0.05, 0.1) is 11.0 Å². The van der Waals surface area contributed by atoms with Crippen molar-refractivity contribution in [2.24, 2.45) is 7.05 Å². The molecule has 2 atom stereocenters. The Morgan fingerprint density at radius 2 is 2.08 bits per heavy atom. The summed E-state index contributed by atoms with van der Waals surface area (Å²) in [6.07, 6.45) is 0.995. The Bertz CT molecular complexity index is 712. The van der Waals surface area contributed by atoms with Crippen molar-refractivity contribution in [3.8, 4) is 0 Å². The van der Waals surface area contributed by atoms with E-state index in [2.05, 4.69) is 10.4 Å². The molecule has 0 saturated carbocycles. The molecule has 0 spiro atoms. The lowest BCUT2D eigenvalue weighted by atomic mass is 9.93. The van der Waals surface area contributed by atoms with Crippen LogP contribution in [0.2, 0.25) is 0 Å². The molecule has 2 aromatic rings. The van der Waals surface area contributed by atoms with E-state index in [0.717, 1.165) is 11.8 Å². The van der Waals surface area contributed by atoms with Gasteiger partial charge in [0.15, 0.2) is 0 Å². The summed E-state index contributed by atoms with van der Waals surface area (Å²) in [6.45, 7) is 1.94. The summed E-state index contributed by atoms with van der Waals surface area (Å²) < 4.78 is 1.18. The number of benzene rings is 1. The number of carbonyl (C=O) groups excluding carboxylic acids is 1. The highest BCUT2D eigenvalue weighted by Crippen LogP contribution is 2.21. The maximum atomic E-state index is 12.3. The van der Waals surface area contributed by atoms with Gasteiger partial charge in [-0.3, -0.25) is 19.6 Å². The molecule has 128 valence electrons. The molecule has 0 aliphatic heterocycles. The third kappa shape index (κ3) is 4.17. The molecule has 2 rings (SSSR count). The fourth-order valence-electron chi connectivity index (χ4n) is 2.60. The SMILES string of the molecule is CC(O)CC(CNC(=O)c1c([N+](=O)[O-])cnn1C)c1ccccc1. The molecule has 0 bridgehead atoms. The van der Waals surface area contributed by atoms with Gasteiger partial charge in [-0.15, -0.1) is 0 Å². The van der Waals surface area contributed by atoms with Gasteiger partial charge in [-0.05, 0) is 18.9 Å². The van der Waals surface area contributed by atoms with Crippen LogP contribution >= 0.6 is 0 Å². The van der Waals surface area contributed by atoms with Crippen LogP contribution in [-0.2, 0) is 7.05 Å². The molecule has 8 nitrogen and oxygen atoms in total. The third-order valence-electron chi connectivity index (χ3n) is 3.74. The van der Waals surface area contributed by atoms with Gasteiger partial charge in [0.25, 0.3) is 5.91 Å². The van der Waals surface area contributed by atoms with Crippen LogP contribution in [0.3, 0.4) is 0 Å².